The molecule has 30 heavy (non-hydrogen) atoms. The number of amides is 1. The van der Waals surface area contributed by atoms with Gasteiger partial charge in [-0.2, -0.15) is 5.26 Å². The number of nitriles is 1. The van der Waals surface area contributed by atoms with E-state index in [9.17, 15) is 14.9 Å². The van der Waals surface area contributed by atoms with E-state index in [1.54, 1.807) is 43.5 Å². The largest absolute Gasteiger partial charge is 0.497 e. The Morgan fingerprint density at radius 1 is 1.17 bits per heavy atom. The summed E-state index contributed by atoms with van der Waals surface area (Å²) >= 11 is 3.28. The van der Waals surface area contributed by atoms with Crippen LogP contribution in [0.2, 0.25) is 0 Å². The van der Waals surface area contributed by atoms with Crippen LogP contribution in [-0.4, -0.2) is 37.8 Å². The fourth-order valence-electron chi connectivity index (χ4n) is 2.45. The number of methoxy groups -OCH3 is 2. The zero-order valence-corrected chi connectivity index (χ0v) is 17.9. The Hall–Kier alpha value is -3.51. The molecular weight excluding hydrogens is 456 g/mol. The van der Waals surface area contributed by atoms with E-state index >= 15 is 0 Å². The molecule has 0 fully saturated rings. The second-order valence-corrected chi connectivity index (χ2v) is 6.76. The van der Waals surface area contributed by atoms with Crippen molar-refractivity contribution in [2.75, 3.05) is 20.8 Å². The summed E-state index contributed by atoms with van der Waals surface area (Å²) in [6, 6.07) is 11.9. The molecule has 2 aromatic carbocycles. The van der Waals surface area contributed by atoms with Gasteiger partial charge in [-0.3, -0.25) is 4.79 Å². The van der Waals surface area contributed by atoms with E-state index in [2.05, 4.69) is 21.2 Å². The van der Waals surface area contributed by atoms with Gasteiger partial charge in [-0.25, -0.2) is 4.79 Å². The van der Waals surface area contributed by atoms with E-state index in [-0.39, 0.29) is 12.1 Å². The maximum Gasteiger partial charge on any atom is 0.341 e. The first kappa shape index (κ1) is 22.8. The van der Waals surface area contributed by atoms with Crippen LogP contribution in [0, 0.1) is 11.3 Å². The first-order valence-electron chi connectivity index (χ1n) is 8.63. The van der Waals surface area contributed by atoms with E-state index in [0.29, 0.717) is 27.3 Å². The summed E-state index contributed by atoms with van der Waals surface area (Å²) in [4.78, 5) is 23.0. The highest BCUT2D eigenvalue weighted by Gasteiger charge is 2.12. The minimum absolute atomic E-state index is 0.0893. The summed E-state index contributed by atoms with van der Waals surface area (Å²) in [5, 5.41) is 20.7. The molecule has 0 aliphatic heterocycles. The van der Waals surface area contributed by atoms with Crippen LogP contribution < -0.4 is 19.5 Å². The van der Waals surface area contributed by atoms with E-state index in [1.807, 2.05) is 6.07 Å². The molecule has 2 aromatic rings. The molecule has 2 N–H and O–H groups in total. The average Bonchev–Trinajstić information content (AvgIpc) is 2.74. The van der Waals surface area contributed by atoms with Crippen LogP contribution in [0.25, 0.3) is 6.08 Å². The van der Waals surface area contributed by atoms with Crippen LogP contribution in [-0.2, 0) is 16.1 Å². The van der Waals surface area contributed by atoms with Gasteiger partial charge < -0.3 is 24.6 Å². The fraction of sp³-hybridized carbons (Fsp3) is 0.190. The smallest absolute Gasteiger partial charge is 0.341 e. The van der Waals surface area contributed by atoms with Crippen molar-refractivity contribution >= 4 is 33.9 Å². The van der Waals surface area contributed by atoms with Gasteiger partial charge in [0.05, 0.1) is 18.7 Å². The quantitative estimate of drug-likeness (QED) is 0.423. The third-order valence-corrected chi connectivity index (χ3v) is 4.54. The second kappa shape index (κ2) is 10.9. The van der Waals surface area contributed by atoms with Gasteiger partial charge in [0, 0.05) is 18.2 Å². The predicted octanol–water partition coefficient (Wildman–Crippen LogP) is 3.15. The zero-order chi connectivity index (χ0) is 22.1. The van der Waals surface area contributed by atoms with Crippen LogP contribution in [0.1, 0.15) is 11.1 Å². The molecule has 0 aromatic heterocycles. The second-order valence-electron chi connectivity index (χ2n) is 5.90. The first-order valence-corrected chi connectivity index (χ1v) is 9.42. The molecule has 0 aliphatic carbocycles. The van der Waals surface area contributed by atoms with Crippen LogP contribution in [0.4, 0.5) is 0 Å². The predicted molar refractivity (Wildman–Crippen MR) is 112 cm³/mol. The molecule has 2 rings (SSSR count). The summed E-state index contributed by atoms with van der Waals surface area (Å²) in [7, 11) is 3.06. The third-order valence-electron chi connectivity index (χ3n) is 3.92. The number of ether oxygens (including phenoxy) is 3. The number of hydrogen-bond donors (Lipinski definition) is 2. The normalized spacial score (nSPS) is 10.7. The van der Waals surface area contributed by atoms with Gasteiger partial charge in [-0.05, 0) is 51.8 Å². The highest BCUT2D eigenvalue weighted by atomic mass is 79.9. The Morgan fingerprint density at radius 2 is 1.93 bits per heavy atom. The summed E-state index contributed by atoms with van der Waals surface area (Å²) in [5.41, 5.74) is 1.21. The number of nitrogens with one attached hydrogen (secondary N) is 1. The van der Waals surface area contributed by atoms with Crippen molar-refractivity contribution in [3.05, 3.63) is 57.6 Å². The Balaban J connectivity index is 2.11. The van der Waals surface area contributed by atoms with E-state index < -0.39 is 18.5 Å². The lowest BCUT2D eigenvalue weighted by Crippen LogP contribution is -2.24. The zero-order valence-electron chi connectivity index (χ0n) is 16.3. The number of hydrogen-bond acceptors (Lipinski definition) is 6. The summed E-state index contributed by atoms with van der Waals surface area (Å²) in [6.07, 6.45) is 1.42. The molecule has 156 valence electrons. The van der Waals surface area contributed by atoms with Crippen molar-refractivity contribution in [2.45, 2.75) is 6.54 Å². The average molecular weight is 475 g/mol. The lowest BCUT2D eigenvalue weighted by molar-refractivity contribution is -0.139. The van der Waals surface area contributed by atoms with Gasteiger partial charge in [-0.1, -0.05) is 6.07 Å². The molecule has 0 radical (unpaired) electrons. The Bertz CT molecular complexity index is 1010. The van der Waals surface area contributed by atoms with Crippen LogP contribution in [0.5, 0.6) is 17.2 Å². The standard InChI is InChI=1S/C21H19BrN2O6/c1-28-16-5-4-14(19(9-16)29-2)11-24-21(27)15(10-23)7-13-3-6-18(17(22)8-13)30-12-20(25)26/h3-9H,11-12H2,1-2H3,(H,24,27)(H,25,26)/b15-7+. The number of halogens is 1. The molecule has 0 saturated heterocycles. The monoisotopic (exact) mass is 474 g/mol. The third kappa shape index (κ3) is 6.25. The molecule has 1 amide bonds. The summed E-state index contributed by atoms with van der Waals surface area (Å²) in [6.45, 7) is -0.314. The van der Waals surface area contributed by atoms with Crippen molar-refractivity contribution in [1.29, 1.82) is 5.26 Å². The SMILES string of the molecule is COc1ccc(CNC(=O)/C(C#N)=C/c2ccc(OCC(=O)O)c(Br)c2)c(OC)c1. The van der Waals surface area contributed by atoms with Crippen molar-refractivity contribution in [1.82, 2.24) is 5.32 Å². The van der Waals surface area contributed by atoms with E-state index in [1.165, 1.54) is 13.2 Å². The van der Waals surface area contributed by atoms with Gasteiger partial charge in [-0.15, -0.1) is 0 Å². The molecule has 0 bridgehead atoms. The first-order chi connectivity index (χ1) is 14.4. The number of carbonyl (C=O) groups excluding carboxylic acids is 1. The number of nitrogens with zero attached hydrogens (tertiary/aromatic N) is 1. The van der Waals surface area contributed by atoms with Crippen LogP contribution in [0.15, 0.2) is 46.4 Å². The molecule has 0 saturated carbocycles. The molecule has 0 spiro atoms. The van der Waals surface area contributed by atoms with Crippen molar-refractivity contribution in [2.24, 2.45) is 0 Å². The van der Waals surface area contributed by atoms with Gasteiger partial charge in [0.15, 0.2) is 6.61 Å². The summed E-state index contributed by atoms with van der Waals surface area (Å²) in [5.74, 6) is -0.122. The van der Waals surface area contributed by atoms with Crippen LogP contribution in [0.3, 0.4) is 0 Å². The van der Waals surface area contributed by atoms with Crippen molar-refractivity contribution in [3.63, 3.8) is 0 Å². The lowest BCUT2D eigenvalue weighted by atomic mass is 10.1. The lowest BCUT2D eigenvalue weighted by Gasteiger charge is -2.11. The molecule has 0 unspecified atom stereocenters. The van der Waals surface area contributed by atoms with Gasteiger partial charge in [0.2, 0.25) is 0 Å². The highest BCUT2D eigenvalue weighted by Crippen LogP contribution is 2.27. The Kier molecular flexibility index (Phi) is 8.26. The van der Waals surface area contributed by atoms with Gasteiger partial charge in [0.25, 0.3) is 5.91 Å². The summed E-state index contributed by atoms with van der Waals surface area (Å²) < 4.78 is 16.1. The highest BCUT2D eigenvalue weighted by molar-refractivity contribution is 9.10. The van der Waals surface area contributed by atoms with E-state index in [0.717, 1.165) is 5.56 Å². The van der Waals surface area contributed by atoms with E-state index in [4.69, 9.17) is 19.3 Å². The number of carboxylic acid groups (broad SMARTS) is 1. The number of rotatable bonds is 9. The fourth-order valence-corrected chi connectivity index (χ4v) is 2.96. The number of benzene rings is 2. The maximum absolute atomic E-state index is 12.4. The topological polar surface area (TPSA) is 118 Å². The molecular formula is C21H19BrN2O6. The maximum atomic E-state index is 12.4. The minimum Gasteiger partial charge on any atom is -0.497 e. The van der Waals surface area contributed by atoms with Crippen LogP contribution >= 0.6 is 15.9 Å². The molecule has 8 nitrogen and oxygen atoms in total. The number of aliphatic carboxylic acids is 1. The Labute approximate surface area is 181 Å². The molecule has 9 heteroatoms. The van der Waals surface area contributed by atoms with Crippen molar-refractivity contribution < 1.29 is 28.9 Å². The Morgan fingerprint density at radius 3 is 2.53 bits per heavy atom. The number of carboxylic acids is 1. The molecule has 0 atom stereocenters. The minimum atomic E-state index is -1.09. The molecule has 0 heterocycles. The van der Waals surface area contributed by atoms with Gasteiger partial charge in [0.1, 0.15) is 28.9 Å². The number of carbonyl (C=O) groups is 2. The van der Waals surface area contributed by atoms with Crippen molar-refractivity contribution in [3.8, 4) is 23.3 Å². The molecule has 0 aliphatic rings. The van der Waals surface area contributed by atoms with Gasteiger partial charge >= 0.3 is 5.97 Å².